The molecule has 2 N–H and O–H groups in total. The molecule has 0 unspecified atom stereocenters. The number of hydrogen-bond acceptors (Lipinski definition) is 3. The summed E-state index contributed by atoms with van der Waals surface area (Å²) in [5.41, 5.74) is 3.24. The molecule has 0 atom stereocenters. The van der Waals surface area contributed by atoms with Crippen molar-refractivity contribution in [2.45, 2.75) is 18.8 Å². The van der Waals surface area contributed by atoms with Crippen molar-refractivity contribution < 1.29 is 31.3 Å². The summed E-state index contributed by atoms with van der Waals surface area (Å²) in [4.78, 5) is 9.56. The van der Waals surface area contributed by atoms with Crippen LogP contribution in [0, 0.1) is 16.0 Å². The second kappa shape index (κ2) is 5.17. The van der Waals surface area contributed by atoms with Crippen molar-refractivity contribution in [2.75, 3.05) is 5.73 Å². The number of benzene rings is 1. The number of nitro benzene ring substituents is 1. The Hall–Kier alpha value is -2.00. The van der Waals surface area contributed by atoms with Crippen molar-refractivity contribution in [1.82, 2.24) is 0 Å². The molecule has 0 aromatic heterocycles. The molecule has 0 spiro atoms. The van der Waals surface area contributed by atoms with Gasteiger partial charge in [0.15, 0.2) is 5.92 Å². The van der Waals surface area contributed by atoms with Crippen LogP contribution < -0.4 is 5.73 Å². The molecular formula is C10H8F6N2O2. The number of nitrogen functional groups attached to an aromatic ring is 1. The van der Waals surface area contributed by atoms with Crippen LogP contribution in [-0.2, 0) is 6.42 Å². The maximum Gasteiger partial charge on any atom is 0.400 e. The lowest BCUT2D eigenvalue weighted by Gasteiger charge is -2.23. The fourth-order valence-corrected chi connectivity index (χ4v) is 1.57. The molecule has 0 saturated heterocycles. The quantitative estimate of drug-likeness (QED) is 0.402. The van der Waals surface area contributed by atoms with E-state index < -0.39 is 46.6 Å². The number of nitrogens with zero attached hydrogens (tertiary/aromatic N) is 1. The zero-order valence-corrected chi connectivity index (χ0v) is 9.63. The summed E-state index contributed by atoms with van der Waals surface area (Å²) >= 11 is 0. The summed E-state index contributed by atoms with van der Waals surface area (Å²) in [6.07, 6.45) is -12.5. The van der Waals surface area contributed by atoms with E-state index in [1.54, 1.807) is 0 Å². The molecule has 0 saturated carbocycles. The van der Waals surface area contributed by atoms with E-state index in [0.717, 1.165) is 18.2 Å². The van der Waals surface area contributed by atoms with E-state index in [0.29, 0.717) is 0 Å². The van der Waals surface area contributed by atoms with Crippen LogP contribution in [0.1, 0.15) is 5.56 Å². The molecule has 4 nitrogen and oxygen atoms in total. The Morgan fingerprint density at radius 2 is 1.65 bits per heavy atom. The second-order valence-electron chi connectivity index (χ2n) is 3.95. The van der Waals surface area contributed by atoms with Gasteiger partial charge in [0.25, 0.3) is 5.69 Å². The molecule has 0 amide bonds. The van der Waals surface area contributed by atoms with Gasteiger partial charge in [-0.15, -0.1) is 0 Å². The van der Waals surface area contributed by atoms with Crippen molar-refractivity contribution in [2.24, 2.45) is 5.92 Å². The number of para-hydroxylation sites is 1. The lowest BCUT2D eigenvalue weighted by atomic mass is 9.96. The molecule has 0 fully saturated rings. The van der Waals surface area contributed by atoms with E-state index in [9.17, 15) is 36.5 Å². The van der Waals surface area contributed by atoms with Crippen molar-refractivity contribution in [3.05, 3.63) is 33.9 Å². The number of nitro groups is 1. The molecule has 0 bridgehead atoms. The molecule has 10 heteroatoms. The summed E-state index contributed by atoms with van der Waals surface area (Å²) in [5.74, 6) is -3.63. The van der Waals surface area contributed by atoms with Gasteiger partial charge in [-0.2, -0.15) is 26.3 Å². The van der Waals surface area contributed by atoms with Crippen LogP contribution in [0.25, 0.3) is 0 Å². The average molecular weight is 302 g/mol. The number of halogens is 6. The second-order valence-corrected chi connectivity index (χ2v) is 3.95. The normalized spacial score (nSPS) is 12.8. The van der Waals surface area contributed by atoms with Crippen LogP contribution in [0.5, 0.6) is 0 Å². The van der Waals surface area contributed by atoms with Gasteiger partial charge in [-0.05, 0) is 12.0 Å². The number of rotatable bonds is 3. The molecule has 1 rings (SSSR count). The molecule has 1 aromatic rings. The Morgan fingerprint density at radius 1 is 1.15 bits per heavy atom. The number of nitrogens with two attached hydrogens (primary N) is 1. The fourth-order valence-electron chi connectivity index (χ4n) is 1.57. The molecule has 112 valence electrons. The third-order valence-electron chi connectivity index (χ3n) is 2.58. The van der Waals surface area contributed by atoms with E-state index >= 15 is 0 Å². The monoisotopic (exact) mass is 302 g/mol. The molecular weight excluding hydrogens is 294 g/mol. The maximum atomic E-state index is 12.4. The first-order valence-electron chi connectivity index (χ1n) is 5.09. The third kappa shape index (κ3) is 3.52. The van der Waals surface area contributed by atoms with E-state index in [1.807, 2.05) is 0 Å². The van der Waals surface area contributed by atoms with Gasteiger partial charge in [-0.1, -0.05) is 12.1 Å². The highest BCUT2D eigenvalue weighted by molar-refractivity contribution is 5.63. The number of hydrogen-bond donors (Lipinski definition) is 1. The summed E-state index contributed by atoms with van der Waals surface area (Å²) in [7, 11) is 0. The SMILES string of the molecule is Nc1c(CC(C(F)(F)F)C(F)(F)F)cccc1[N+](=O)[O-]. The zero-order valence-electron chi connectivity index (χ0n) is 9.63. The van der Waals surface area contributed by atoms with Crippen LogP contribution >= 0.6 is 0 Å². The minimum Gasteiger partial charge on any atom is -0.393 e. The summed E-state index contributed by atoms with van der Waals surface area (Å²) in [6.45, 7) is 0. The Labute approximate surface area is 108 Å². The van der Waals surface area contributed by atoms with Gasteiger partial charge in [-0.25, -0.2) is 0 Å². The fraction of sp³-hybridized carbons (Fsp3) is 0.400. The molecule has 0 aliphatic rings. The molecule has 20 heavy (non-hydrogen) atoms. The standard InChI is InChI=1S/C10H8F6N2O2/c11-9(12,13)7(10(14,15)16)4-5-2-1-3-6(8(5)17)18(19)20/h1-3,7H,4,17H2. The minimum absolute atomic E-state index is 0.571. The predicted octanol–water partition coefficient (Wildman–Crippen LogP) is 3.46. The first kappa shape index (κ1) is 16.1. The van der Waals surface area contributed by atoms with Crippen LogP contribution in [0.2, 0.25) is 0 Å². The van der Waals surface area contributed by atoms with Gasteiger partial charge < -0.3 is 5.73 Å². The molecule has 0 heterocycles. The van der Waals surface area contributed by atoms with Crippen LogP contribution in [0.4, 0.5) is 37.7 Å². The molecule has 0 radical (unpaired) electrons. The zero-order chi connectivity index (χ0) is 15.7. The molecule has 0 aliphatic heterocycles. The first-order chi connectivity index (χ1) is 8.94. The van der Waals surface area contributed by atoms with Gasteiger partial charge in [0, 0.05) is 6.07 Å². The Morgan fingerprint density at radius 3 is 2.05 bits per heavy atom. The first-order valence-corrected chi connectivity index (χ1v) is 5.09. The van der Waals surface area contributed by atoms with Crippen molar-refractivity contribution >= 4 is 11.4 Å². The Bertz CT molecular complexity index is 497. The Kier molecular flexibility index (Phi) is 4.15. The highest BCUT2D eigenvalue weighted by Gasteiger charge is 2.56. The van der Waals surface area contributed by atoms with E-state index in [-0.39, 0.29) is 0 Å². The van der Waals surface area contributed by atoms with Crippen molar-refractivity contribution in [1.29, 1.82) is 0 Å². The number of anilines is 1. The summed E-state index contributed by atoms with van der Waals surface area (Å²) < 4.78 is 74.4. The van der Waals surface area contributed by atoms with Crippen LogP contribution in [0.3, 0.4) is 0 Å². The minimum atomic E-state index is -5.52. The van der Waals surface area contributed by atoms with Crippen molar-refractivity contribution in [3.8, 4) is 0 Å². The topological polar surface area (TPSA) is 69.2 Å². The van der Waals surface area contributed by atoms with Gasteiger partial charge in [0.1, 0.15) is 5.69 Å². The smallest absolute Gasteiger partial charge is 0.393 e. The van der Waals surface area contributed by atoms with Crippen LogP contribution in [0.15, 0.2) is 18.2 Å². The largest absolute Gasteiger partial charge is 0.400 e. The number of alkyl halides is 6. The van der Waals surface area contributed by atoms with E-state index in [4.69, 9.17) is 5.73 Å². The Balaban J connectivity index is 3.20. The average Bonchev–Trinajstić information content (AvgIpc) is 2.23. The third-order valence-corrected chi connectivity index (χ3v) is 2.58. The van der Waals surface area contributed by atoms with Crippen molar-refractivity contribution in [3.63, 3.8) is 0 Å². The lowest BCUT2D eigenvalue weighted by Crippen LogP contribution is -2.38. The van der Waals surface area contributed by atoms with E-state index in [2.05, 4.69) is 0 Å². The van der Waals surface area contributed by atoms with E-state index in [1.165, 1.54) is 0 Å². The maximum absolute atomic E-state index is 12.4. The molecule has 1 aromatic carbocycles. The highest BCUT2D eigenvalue weighted by atomic mass is 19.4. The summed E-state index contributed by atoms with van der Waals surface area (Å²) in [5, 5.41) is 10.5. The van der Waals surface area contributed by atoms with Gasteiger partial charge in [-0.3, -0.25) is 10.1 Å². The highest BCUT2D eigenvalue weighted by Crippen LogP contribution is 2.42. The van der Waals surface area contributed by atoms with Gasteiger partial charge in [0.2, 0.25) is 0 Å². The van der Waals surface area contributed by atoms with Crippen LogP contribution in [-0.4, -0.2) is 17.3 Å². The van der Waals surface area contributed by atoms with Gasteiger partial charge in [0.05, 0.1) is 4.92 Å². The van der Waals surface area contributed by atoms with Gasteiger partial charge >= 0.3 is 12.4 Å². The predicted molar refractivity (Wildman–Crippen MR) is 56.8 cm³/mol. The summed E-state index contributed by atoms with van der Waals surface area (Å²) in [6, 6.07) is 2.77. The molecule has 0 aliphatic carbocycles. The lowest BCUT2D eigenvalue weighted by molar-refractivity contribution is -0.384.